The summed E-state index contributed by atoms with van der Waals surface area (Å²) in [7, 11) is 0. The lowest BCUT2D eigenvalue weighted by atomic mass is 9.88. The van der Waals surface area contributed by atoms with Crippen LogP contribution in [0.3, 0.4) is 0 Å². The Morgan fingerprint density at radius 3 is 2.68 bits per heavy atom. The van der Waals surface area contributed by atoms with Gasteiger partial charge in [0.05, 0.1) is 22.9 Å². The van der Waals surface area contributed by atoms with Crippen molar-refractivity contribution in [1.82, 2.24) is 0 Å². The number of halogens is 1. The van der Waals surface area contributed by atoms with Crippen molar-refractivity contribution in [2.75, 3.05) is 11.5 Å². The second-order valence-electron chi connectivity index (χ2n) is 7.47. The molecule has 2 aromatic carbocycles. The fraction of sp³-hybridized carbons (Fsp3) is 0.261. The molecular formula is C23H22ClNO2S. The molecule has 0 saturated carbocycles. The van der Waals surface area contributed by atoms with Crippen LogP contribution in [0.2, 0.25) is 5.02 Å². The van der Waals surface area contributed by atoms with Crippen LogP contribution in [0.15, 0.2) is 48.5 Å². The van der Waals surface area contributed by atoms with Crippen LogP contribution in [0.1, 0.15) is 42.9 Å². The number of benzene rings is 2. The third-order valence-corrected chi connectivity index (χ3v) is 6.69. The molecule has 1 aliphatic rings. The van der Waals surface area contributed by atoms with E-state index in [1.54, 1.807) is 0 Å². The Morgan fingerprint density at radius 1 is 1.21 bits per heavy atom. The minimum absolute atomic E-state index is 0.0784. The lowest BCUT2D eigenvalue weighted by Gasteiger charge is -2.41. The molecule has 28 heavy (non-hydrogen) atoms. The minimum Gasteiger partial charge on any atom is -0.494 e. The van der Waals surface area contributed by atoms with Gasteiger partial charge in [0, 0.05) is 15.6 Å². The second kappa shape index (κ2) is 6.94. The van der Waals surface area contributed by atoms with E-state index >= 15 is 0 Å². The fourth-order valence-electron chi connectivity index (χ4n) is 3.89. The lowest BCUT2D eigenvalue weighted by Crippen LogP contribution is -2.48. The van der Waals surface area contributed by atoms with E-state index in [1.165, 1.54) is 11.3 Å². The third kappa shape index (κ3) is 3.01. The van der Waals surface area contributed by atoms with E-state index in [1.807, 2.05) is 54.3 Å². The highest BCUT2D eigenvalue weighted by Crippen LogP contribution is 2.44. The van der Waals surface area contributed by atoms with E-state index < -0.39 is 5.54 Å². The molecule has 4 rings (SSSR count). The van der Waals surface area contributed by atoms with Gasteiger partial charge in [0.2, 0.25) is 0 Å². The summed E-state index contributed by atoms with van der Waals surface area (Å²) in [5.74, 6) is 0.728. The van der Waals surface area contributed by atoms with Gasteiger partial charge < -0.3 is 4.74 Å². The molecule has 0 unspecified atom stereocenters. The molecule has 0 saturated heterocycles. The van der Waals surface area contributed by atoms with Crippen LogP contribution in [0.25, 0.3) is 15.7 Å². The largest absolute Gasteiger partial charge is 0.494 e. The molecule has 1 amide bonds. The monoisotopic (exact) mass is 411 g/mol. The summed E-state index contributed by atoms with van der Waals surface area (Å²) in [6.07, 6.45) is 2.13. The van der Waals surface area contributed by atoms with Crippen molar-refractivity contribution in [3.8, 4) is 5.75 Å². The second-order valence-corrected chi connectivity index (χ2v) is 8.91. The highest BCUT2D eigenvalue weighted by Gasteiger charge is 2.38. The molecular weight excluding hydrogens is 390 g/mol. The number of amides is 1. The quantitative estimate of drug-likeness (QED) is 0.474. The van der Waals surface area contributed by atoms with Crippen LogP contribution in [-0.2, 0) is 0 Å². The SMILES string of the molecule is CCOc1ccc2c(c1)C(C)=CC(C)(C)N2C(=O)c1sc2ccccc2c1Cl. The molecule has 0 aliphatic carbocycles. The Bertz CT molecular complexity index is 1110. The van der Waals surface area contributed by atoms with Gasteiger partial charge >= 0.3 is 0 Å². The van der Waals surface area contributed by atoms with Gasteiger partial charge in [0.25, 0.3) is 5.91 Å². The van der Waals surface area contributed by atoms with Crippen LogP contribution in [0, 0.1) is 0 Å². The van der Waals surface area contributed by atoms with Crippen molar-refractivity contribution in [1.29, 1.82) is 0 Å². The zero-order chi connectivity index (χ0) is 20.1. The molecule has 2 heterocycles. The van der Waals surface area contributed by atoms with Gasteiger partial charge in [-0.3, -0.25) is 9.69 Å². The molecule has 3 aromatic rings. The highest BCUT2D eigenvalue weighted by atomic mass is 35.5. The molecule has 3 nitrogen and oxygen atoms in total. The lowest BCUT2D eigenvalue weighted by molar-refractivity contribution is 0.0974. The number of thiophene rings is 1. The topological polar surface area (TPSA) is 29.5 Å². The van der Waals surface area contributed by atoms with Crippen LogP contribution >= 0.6 is 22.9 Å². The number of anilines is 1. The van der Waals surface area contributed by atoms with Crippen molar-refractivity contribution in [2.45, 2.75) is 33.2 Å². The molecule has 0 radical (unpaired) electrons. The summed E-state index contributed by atoms with van der Waals surface area (Å²) >= 11 is 8.06. The first-order valence-electron chi connectivity index (χ1n) is 9.31. The average Bonchev–Trinajstić information content (AvgIpc) is 2.99. The number of ether oxygens (including phenoxy) is 1. The Morgan fingerprint density at radius 2 is 1.96 bits per heavy atom. The Labute approximate surface area is 174 Å². The van der Waals surface area contributed by atoms with Gasteiger partial charge in [0.1, 0.15) is 10.6 Å². The number of carbonyl (C=O) groups is 1. The first-order valence-corrected chi connectivity index (χ1v) is 10.5. The highest BCUT2D eigenvalue weighted by molar-refractivity contribution is 7.21. The van der Waals surface area contributed by atoms with E-state index in [2.05, 4.69) is 26.8 Å². The summed E-state index contributed by atoms with van der Waals surface area (Å²) in [4.78, 5) is 16.1. The van der Waals surface area contributed by atoms with E-state index in [-0.39, 0.29) is 5.91 Å². The van der Waals surface area contributed by atoms with Gasteiger partial charge in [-0.15, -0.1) is 11.3 Å². The zero-order valence-electron chi connectivity index (χ0n) is 16.4. The number of rotatable bonds is 3. The van der Waals surface area contributed by atoms with Crippen molar-refractivity contribution in [2.24, 2.45) is 0 Å². The maximum Gasteiger partial charge on any atom is 0.270 e. The third-order valence-electron chi connectivity index (χ3n) is 5.02. The molecule has 0 bridgehead atoms. The number of hydrogen-bond donors (Lipinski definition) is 0. The minimum atomic E-state index is -0.471. The molecule has 1 aliphatic heterocycles. The Kier molecular flexibility index (Phi) is 4.72. The van der Waals surface area contributed by atoms with Crippen LogP contribution in [0.5, 0.6) is 5.75 Å². The number of hydrogen-bond acceptors (Lipinski definition) is 3. The molecule has 144 valence electrons. The molecule has 0 fully saturated rings. The van der Waals surface area contributed by atoms with Gasteiger partial charge in [-0.1, -0.05) is 35.9 Å². The Balaban J connectivity index is 1.86. The van der Waals surface area contributed by atoms with Crippen molar-refractivity contribution >= 4 is 50.2 Å². The summed E-state index contributed by atoms with van der Waals surface area (Å²) in [5.41, 5.74) is 2.55. The van der Waals surface area contributed by atoms with Crippen LogP contribution in [0.4, 0.5) is 5.69 Å². The first kappa shape index (κ1) is 19.0. The number of carbonyl (C=O) groups excluding carboxylic acids is 1. The molecule has 5 heteroatoms. The number of fused-ring (bicyclic) bond motifs is 2. The standard InChI is InChI=1S/C23H22ClNO2S/c1-5-27-15-10-11-18-17(12-15)14(2)13-23(3,4)25(18)22(26)21-20(24)16-8-6-7-9-19(16)28-21/h6-13H,5H2,1-4H3. The van der Waals surface area contributed by atoms with E-state index in [9.17, 15) is 4.79 Å². The summed E-state index contributed by atoms with van der Waals surface area (Å²) < 4.78 is 6.68. The molecule has 0 atom stereocenters. The molecule has 1 aromatic heterocycles. The predicted molar refractivity (Wildman–Crippen MR) is 119 cm³/mol. The summed E-state index contributed by atoms with van der Waals surface area (Å²) in [6.45, 7) is 8.74. The Hall–Kier alpha value is -2.30. The van der Waals surface area contributed by atoms with E-state index in [0.717, 1.165) is 32.7 Å². The zero-order valence-corrected chi connectivity index (χ0v) is 17.9. The fourth-order valence-corrected chi connectivity index (χ4v) is 5.33. The smallest absolute Gasteiger partial charge is 0.270 e. The van der Waals surface area contributed by atoms with E-state index in [4.69, 9.17) is 16.3 Å². The van der Waals surface area contributed by atoms with Crippen molar-refractivity contribution in [3.63, 3.8) is 0 Å². The van der Waals surface area contributed by atoms with Gasteiger partial charge in [0.15, 0.2) is 0 Å². The first-order chi connectivity index (χ1) is 13.3. The maximum atomic E-state index is 13.7. The summed E-state index contributed by atoms with van der Waals surface area (Å²) in [6, 6.07) is 13.8. The summed E-state index contributed by atoms with van der Waals surface area (Å²) in [5, 5.41) is 1.45. The van der Waals surface area contributed by atoms with Gasteiger partial charge in [-0.25, -0.2) is 0 Å². The van der Waals surface area contributed by atoms with E-state index in [0.29, 0.717) is 16.5 Å². The van der Waals surface area contributed by atoms with Crippen LogP contribution in [-0.4, -0.2) is 18.1 Å². The van der Waals surface area contributed by atoms with Gasteiger partial charge in [-0.05, 0) is 57.5 Å². The maximum absolute atomic E-state index is 13.7. The average molecular weight is 412 g/mol. The van der Waals surface area contributed by atoms with Gasteiger partial charge in [-0.2, -0.15) is 0 Å². The van der Waals surface area contributed by atoms with Crippen LogP contribution < -0.4 is 9.64 Å². The molecule has 0 N–H and O–H groups in total. The van der Waals surface area contributed by atoms with Crippen molar-refractivity contribution in [3.05, 3.63) is 64.0 Å². The number of allylic oxidation sites excluding steroid dienone is 1. The number of nitrogens with zero attached hydrogens (tertiary/aromatic N) is 1. The normalized spacial score (nSPS) is 15.3. The molecule has 0 spiro atoms. The predicted octanol–water partition coefficient (Wildman–Crippen LogP) is 6.80. The van der Waals surface area contributed by atoms with Crippen molar-refractivity contribution < 1.29 is 9.53 Å².